The molecule has 0 saturated carbocycles. The van der Waals surface area contributed by atoms with Crippen molar-refractivity contribution < 1.29 is 27.8 Å². The highest BCUT2D eigenvalue weighted by atomic mass is 19.4. The van der Waals surface area contributed by atoms with Crippen LogP contribution in [0.25, 0.3) is 0 Å². The van der Waals surface area contributed by atoms with Crippen LogP contribution in [0.3, 0.4) is 0 Å². The molecule has 5 nitrogen and oxygen atoms in total. The molecule has 0 aromatic heterocycles. The van der Waals surface area contributed by atoms with Gasteiger partial charge in [0.15, 0.2) is 5.60 Å². The first-order valence-corrected chi connectivity index (χ1v) is 6.53. The van der Waals surface area contributed by atoms with Crippen molar-refractivity contribution in [3.8, 4) is 0 Å². The second-order valence-corrected chi connectivity index (χ2v) is 5.15. The number of halogens is 3. The summed E-state index contributed by atoms with van der Waals surface area (Å²) in [6.07, 6.45) is -5.00. The second kappa shape index (κ2) is 6.62. The number of aliphatic hydroxyl groups is 1. The van der Waals surface area contributed by atoms with Gasteiger partial charge in [-0.15, -0.1) is 0 Å². The average Bonchev–Trinajstić information content (AvgIpc) is 2.35. The van der Waals surface area contributed by atoms with Crippen molar-refractivity contribution in [3.05, 3.63) is 0 Å². The topological polar surface area (TPSA) is 61.8 Å². The van der Waals surface area contributed by atoms with Crippen LogP contribution in [0, 0.1) is 0 Å². The molecule has 1 saturated heterocycles. The summed E-state index contributed by atoms with van der Waals surface area (Å²) in [5.74, 6) is 0. The number of alkyl halides is 3. The molecule has 8 heteroatoms. The van der Waals surface area contributed by atoms with Gasteiger partial charge in [-0.2, -0.15) is 13.2 Å². The maximum atomic E-state index is 12.6. The van der Waals surface area contributed by atoms with E-state index in [0.717, 1.165) is 0 Å². The van der Waals surface area contributed by atoms with E-state index in [-0.39, 0.29) is 19.1 Å². The summed E-state index contributed by atoms with van der Waals surface area (Å²) in [5, 5.41) is 12.2. The standard InChI is InChI=1S/C12H21F3N2O3/c1-9(3-8-20-2)16-10(18)17-6-4-11(19,5-7-17)12(13,14)15/h9,19H,3-8H2,1-2H3,(H,16,18). The van der Waals surface area contributed by atoms with Gasteiger partial charge in [-0.05, 0) is 13.3 Å². The van der Waals surface area contributed by atoms with E-state index in [1.165, 1.54) is 4.90 Å². The van der Waals surface area contributed by atoms with Crippen LogP contribution in [0.2, 0.25) is 0 Å². The number of rotatable bonds is 4. The summed E-state index contributed by atoms with van der Waals surface area (Å²) < 4.78 is 42.7. The zero-order chi connectivity index (χ0) is 15.4. The van der Waals surface area contributed by atoms with Crippen LogP contribution in [0.15, 0.2) is 0 Å². The van der Waals surface area contributed by atoms with Crippen molar-refractivity contribution in [3.63, 3.8) is 0 Å². The van der Waals surface area contributed by atoms with Crippen LogP contribution >= 0.6 is 0 Å². The lowest BCUT2D eigenvalue weighted by molar-refractivity contribution is -0.271. The molecule has 1 heterocycles. The SMILES string of the molecule is COCCC(C)NC(=O)N1CCC(O)(C(F)(F)F)CC1. The fourth-order valence-electron chi connectivity index (χ4n) is 2.03. The number of amides is 2. The predicted molar refractivity (Wildman–Crippen MR) is 66.3 cm³/mol. The average molecular weight is 298 g/mol. The molecule has 0 radical (unpaired) electrons. The Morgan fingerprint density at radius 2 is 2.00 bits per heavy atom. The molecule has 1 rings (SSSR count). The number of likely N-dealkylation sites (tertiary alicyclic amines) is 1. The minimum absolute atomic E-state index is 0.112. The van der Waals surface area contributed by atoms with Crippen LogP contribution in [0.1, 0.15) is 26.2 Å². The number of carbonyl (C=O) groups is 1. The molecule has 1 unspecified atom stereocenters. The number of piperidine rings is 1. The van der Waals surface area contributed by atoms with E-state index >= 15 is 0 Å². The zero-order valence-electron chi connectivity index (χ0n) is 11.7. The van der Waals surface area contributed by atoms with E-state index in [2.05, 4.69) is 5.32 Å². The van der Waals surface area contributed by atoms with E-state index in [1.54, 1.807) is 14.0 Å². The predicted octanol–water partition coefficient (Wildman–Crippen LogP) is 1.51. The molecule has 0 bridgehead atoms. The summed E-state index contributed by atoms with van der Waals surface area (Å²) >= 11 is 0. The highest BCUT2D eigenvalue weighted by Gasteiger charge is 2.54. The maximum absolute atomic E-state index is 12.6. The van der Waals surface area contributed by atoms with Gasteiger partial charge >= 0.3 is 12.2 Å². The third-order valence-electron chi connectivity index (χ3n) is 3.53. The van der Waals surface area contributed by atoms with E-state index in [1.807, 2.05) is 0 Å². The zero-order valence-corrected chi connectivity index (χ0v) is 11.7. The Bertz CT molecular complexity index is 328. The molecule has 20 heavy (non-hydrogen) atoms. The van der Waals surface area contributed by atoms with Crippen molar-refractivity contribution in [2.45, 2.75) is 44.0 Å². The van der Waals surface area contributed by atoms with Crippen LogP contribution in [0.4, 0.5) is 18.0 Å². The lowest BCUT2D eigenvalue weighted by Gasteiger charge is -2.39. The Labute approximate surface area is 116 Å². The van der Waals surface area contributed by atoms with E-state index in [4.69, 9.17) is 4.74 Å². The number of carbonyl (C=O) groups excluding carboxylic acids is 1. The Kier molecular flexibility index (Phi) is 5.64. The lowest BCUT2D eigenvalue weighted by Crippen LogP contribution is -2.56. The molecule has 118 valence electrons. The van der Waals surface area contributed by atoms with Crippen molar-refractivity contribution >= 4 is 6.03 Å². The third kappa shape index (κ3) is 4.24. The van der Waals surface area contributed by atoms with Crippen LogP contribution in [-0.4, -0.2) is 60.7 Å². The molecule has 1 aliphatic rings. The van der Waals surface area contributed by atoms with Gasteiger partial charge in [-0.1, -0.05) is 0 Å². The Balaban J connectivity index is 2.43. The van der Waals surface area contributed by atoms with E-state index in [0.29, 0.717) is 13.0 Å². The summed E-state index contributed by atoms with van der Waals surface area (Å²) in [7, 11) is 1.55. The molecule has 0 spiro atoms. The number of methoxy groups -OCH3 is 1. The number of nitrogens with one attached hydrogen (secondary N) is 1. The molecule has 0 aromatic rings. The largest absolute Gasteiger partial charge is 0.417 e. The summed E-state index contributed by atoms with van der Waals surface area (Å²) in [6, 6.07) is -0.524. The van der Waals surface area contributed by atoms with Gasteiger partial charge in [0, 0.05) is 45.7 Å². The van der Waals surface area contributed by atoms with Gasteiger partial charge in [-0.3, -0.25) is 0 Å². The van der Waals surface area contributed by atoms with Gasteiger partial charge in [0.25, 0.3) is 0 Å². The minimum Gasteiger partial charge on any atom is -0.385 e. The molecule has 1 atom stereocenters. The summed E-state index contributed by atoms with van der Waals surface area (Å²) in [6.45, 7) is 2.07. The Morgan fingerprint density at radius 3 is 2.45 bits per heavy atom. The highest BCUT2D eigenvalue weighted by Crippen LogP contribution is 2.38. The van der Waals surface area contributed by atoms with Crippen molar-refractivity contribution in [1.82, 2.24) is 10.2 Å². The number of nitrogens with zero attached hydrogens (tertiary/aromatic N) is 1. The Morgan fingerprint density at radius 1 is 1.45 bits per heavy atom. The monoisotopic (exact) mass is 298 g/mol. The fraction of sp³-hybridized carbons (Fsp3) is 0.917. The number of urea groups is 1. The molecule has 2 N–H and O–H groups in total. The molecule has 1 aliphatic heterocycles. The molecular weight excluding hydrogens is 277 g/mol. The first kappa shape index (κ1) is 17.0. The van der Waals surface area contributed by atoms with Crippen LogP contribution in [-0.2, 0) is 4.74 Å². The third-order valence-corrected chi connectivity index (χ3v) is 3.53. The first-order valence-electron chi connectivity index (χ1n) is 6.53. The molecule has 0 aliphatic carbocycles. The molecule has 0 aromatic carbocycles. The Hall–Kier alpha value is -1.02. The van der Waals surface area contributed by atoms with Crippen molar-refractivity contribution in [2.75, 3.05) is 26.8 Å². The van der Waals surface area contributed by atoms with Gasteiger partial charge in [-0.25, -0.2) is 4.79 Å². The molecular formula is C12H21F3N2O3. The normalized spacial score (nSPS) is 20.6. The summed E-state index contributed by atoms with van der Waals surface area (Å²) in [5.41, 5.74) is -2.68. The summed E-state index contributed by atoms with van der Waals surface area (Å²) in [4.78, 5) is 13.1. The quantitative estimate of drug-likeness (QED) is 0.827. The number of hydrogen-bond donors (Lipinski definition) is 2. The number of ether oxygens (including phenoxy) is 1. The van der Waals surface area contributed by atoms with E-state index in [9.17, 15) is 23.1 Å². The lowest BCUT2D eigenvalue weighted by atomic mass is 9.91. The molecule has 2 amide bonds. The van der Waals surface area contributed by atoms with Crippen molar-refractivity contribution in [2.24, 2.45) is 0 Å². The highest BCUT2D eigenvalue weighted by molar-refractivity contribution is 5.74. The maximum Gasteiger partial charge on any atom is 0.417 e. The second-order valence-electron chi connectivity index (χ2n) is 5.15. The fourth-order valence-corrected chi connectivity index (χ4v) is 2.03. The minimum atomic E-state index is -4.65. The van der Waals surface area contributed by atoms with Crippen LogP contribution < -0.4 is 5.32 Å². The first-order chi connectivity index (χ1) is 9.19. The van der Waals surface area contributed by atoms with Crippen LogP contribution in [0.5, 0.6) is 0 Å². The van der Waals surface area contributed by atoms with E-state index < -0.39 is 30.7 Å². The molecule has 1 fully saturated rings. The van der Waals surface area contributed by atoms with Crippen molar-refractivity contribution in [1.29, 1.82) is 0 Å². The van der Waals surface area contributed by atoms with Gasteiger partial charge in [0.2, 0.25) is 0 Å². The van der Waals surface area contributed by atoms with Gasteiger partial charge < -0.3 is 20.1 Å². The van der Waals surface area contributed by atoms with Gasteiger partial charge in [0.05, 0.1) is 0 Å². The number of hydrogen-bond acceptors (Lipinski definition) is 3. The van der Waals surface area contributed by atoms with Gasteiger partial charge in [0.1, 0.15) is 0 Å². The smallest absolute Gasteiger partial charge is 0.385 e.